The van der Waals surface area contributed by atoms with Gasteiger partial charge in [0.2, 0.25) is 5.91 Å². The molecule has 1 saturated carbocycles. The van der Waals surface area contributed by atoms with E-state index in [4.69, 9.17) is 16.0 Å². The van der Waals surface area contributed by atoms with Crippen LogP contribution < -0.4 is 25.1 Å². The first-order valence-corrected chi connectivity index (χ1v) is 12.0. The van der Waals surface area contributed by atoms with Crippen molar-refractivity contribution in [1.82, 2.24) is 10.5 Å². The average molecular weight is 522 g/mol. The lowest BCUT2D eigenvalue weighted by molar-refractivity contribution is -0.286. The summed E-state index contributed by atoms with van der Waals surface area (Å²) >= 11 is 0. The van der Waals surface area contributed by atoms with Gasteiger partial charge in [0.25, 0.3) is 0 Å². The third-order valence-electron chi connectivity index (χ3n) is 6.31. The molecule has 196 valence electrons. The van der Waals surface area contributed by atoms with Crippen molar-refractivity contribution in [3.05, 3.63) is 65.7 Å². The highest BCUT2D eigenvalue weighted by Crippen LogP contribution is 2.52. The number of terminal acetylenes is 1. The molecule has 2 heterocycles. The fourth-order valence-electron chi connectivity index (χ4n) is 4.23. The van der Waals surface area contributed by atoms with Gasteiger partial charge < -0.3 is 24.4 Å². The monoisotopic (exact) mass is 521 g/mol. The Morgan fingerprint density at radius 1 is 1.13 bits per heavy atom. The molecule has 0 radical (unpaired) electrons. The predicted molar refractivity (Wildman–Crippen MR) is 135 cm³/mol. The average Bonchev–Trinajstić information content (AvgIpc) is 3.64. The molecule has 1 aromatic heterocycles. The summed E-state index contributed by atoms with van der Waals surface area (Å²) in [5, 5.41) is 2.90. The molecule has 3 aromatic rings. The van der Waals surface area contributed by atoms with Gasteiger partial charge in [-0.15, -0.1) is 15.2 Å². The summed E-state index contributed by atoms with van der Waals surface area (Å²) in [5.41, 5.74) is 4.96. The molecule has 8 nitrogen and oxygen atoms in total. The van der Waals surface area contributed by atoms with Gasteiger partial charge >= 0.3 is 6.29 Å². The van der Waals surface area contributed by atoms with Gasteiger partial charge in [0.05, 0.1) is 24.3 Å². The van der Waals surface area contributed by atoms with Gasteiger partial charge in [0.15, 0.2) is 11.5 Å². The van der Waals surface area contributed by atoms with Gasteiger partial charge in [-0.25, -0.2) is 4.98 Å². The number of halogens is 2. The van der Waals surface area contributed by atoms with Gasteiger partial charge in [-0.2, -0.15) is 5.48 Å². The van der Waals surface area contributed by atoms with Crippen LogP contribution in [0.2, 0.25) is 0 Å². The summed E-state index contributed by atoms with van der Waals surface area (Å²) in [4.78, 5) is 23.6. The minimum absolute atomic E-state index is 0.0570. The van der Waals surface area contributed by atoms with E-state index in [-0.39, 0.29) is 24.0 Å². The molecule has 0 bridgehead atoms. The van der Waals surface area contributed by atoms with Crippen LogP contribution in [0.5, 0.6) is 17.2 Å². The van der Waals surface area contributed by atoms with E-state index in [1.807, 2.05) is 31.2 Å². The molecule has 1 amide bonds. The highest BCUT2D eigenvalue weighted by molar-refractivity contribution is 6.01. The van der Waals surface area contributed by atoms with Crippen molar-refractivity contribution in [2.24, 2.45) is 0 Å². The highest BCUT2D eigenvalue weighted by atomic mass is 19.3. The zero-order chi connectivity index (χ0) is 26.8. The van der Waals surface area contributed by atoms with Crippen molar-refractivity contribution >= 4 is 11.7 Å². The van der Waals surface area contributed by atoms with E-state index < -0.39 is 11.7 Å². The summed E-state index contributed by atoms with van der Waals surface area (Å²) < 4.78 is 41.1. The van der Waals surface area contributed by atoms with Crippen LogP contribution in [-0.4, -0.2) is 36.9 Å². The number of carbonyl (C=O) groups excluding carboxylic acids is 1. The molecule has 0 unspecified atom stereocenters. The molecule has 1 aliphatic carbocycles. The molecule has 38 heavy (non-hydrogen) atoms. The third kappa shape index (κ3) is 5.39. The molecule has 0 atom stereocenters. The largest absolute Gasteiger partial charge is 0.586 e. The number of hydrogen-bond acceptors (Lipinski definition) is 7. The van der Waals surface area contributed by atoms with Crippen molar-refractivity contribution < 1.29 is 32.6 Å². The summed E-state index contributed by atoms with van der Waals surface area (Å²) in [6, 6.07) is 15.4. The quantitative estimate of drug-likeness (QED) is 0.229. The Kier molecular flexibility index (Phi) is 6.89. The molecule has 2 aromatic carbocycles. The number of benzene rings is 2. The maximum Gasteiger partial charge on any atom is 0.586 e. The Morgan fingerprint density at radius 3 is 2.74 bits per heavy atom. The lowest BCUT2D eigenvalue weighted by Gasteiger charge is -2.17. The van der Waals surface area contributed by atoms with Crippen LogP contribution in [0.25, 0.3) is 11.3 Å². The van der Waals surface area contributed by atoms with Gasteiger partial charge in [-0.1, -0.05) is 30.2 Å². The Labute approximate surface area is 218 Å². The van der Waals surface area contributed by atoms with E-state index in [2.05, 4.69) is 31.2 Å². The van der Waals surface area contributed by atoms with Crippen LogP contribution in [0, 0.1) is 19.3 Å². The van der Waals surface area contributed by atoms with E-state index >= 15 is 0 Å². The Bertz CT molecular complexity index is 1400. The zero-order valence-corrected chi connectivity index (χ0v) is 20.6. The standard InChI is InChI=1S/C28H25F2N3O5/c1-3-14-35-15-13-31-38-21-6-4-5-19(16-21)25-18(2)7-10-24(32-25)33-26(34)27(11-12-27)20-8-9-22-23(17-20)37-28(29,30)36-22/h1,4-10,16-17,31H,11-15H2,2H3,(H,32,33,34). The lowest BCUT2D eigenvalue weighted by Crippen LogP contribution is -2.28. The predicted octanol–water partition coefficient (Wildman–Crippen LogP) is 4.58. The first-order chi connectivity index (χ1) is 18.3. The van der Waals surface area contributed by atoms with Crippen LogP contribution >= 0.6 is 0 Å². The van der Waals surface area contributed by atoms with Crippen LogP contribution in [0.1, 0.15) is 24.0 Å². The molecule has 2 aliphatic rings. The Hall–Kier alpha value is -4.20. The SMILES string of the molecule is C#CCOCCNOc1cccc(-c2nc(NC(=O)C3(c4ccc5c(c4)OC(F)(F)O5)CC3)ccc2C)c1. The van der Waals surface area contributed by atoms with Gasteiger partial charge in [-0.05, 0) is 61.2 Å². The number of ether oxygens (including phenoxy) is 3. The van der Waals surface area contributed by atoms with Crippen molar-refractivity contribution in [3.8, 4) is 40.8 Å². The second-order valence-corrected chi connectivity index (χ2v) is 9.01. The molecule has 0 spiro atoms. The number of carbonyl (C=O) groups is 1. The maximum absolute atomic E-state index is 13.4. The van der Waals surface area contributed by atoms with Crippen LogP contribution in [-0.2, 0) is 14.9 Å². The molecular weight excluding hydrogens is 496 g/mol. The number of fused-ring (bicyclic) bond motifs is 1. The minimum Gasteiger partial charge on any atom is -0.409 e. The van der Waals surface area contributed by atoms with Gasteiger partial charge in [0, 0.05) is 5.56 Å². The first kappa shape index (κ1) is 25.4. The minimum atomic E-state index is -3.71. The van der Waals surface area contributed by atoms with Crippen molar-refractivity contribution in [3.63, 3.8) is 0 Å². The number of nitrogens with one attached hydrogen (secondary N) is 2. The van der Waals surface area contributed by atoms with E-state index in [1.54, 1.807) is 18.2 Å². The maximum atomic E-state index is 13.4. The third-order valence-corrected chi connectivity index (χ3v) is 6.31. The lowest BCUT2D eigenvalue weighted by atomic mass is 9.94. The number of alkyl halides is 2. The molecule has 1 fully saturated rings. The topological polar surface area (TPSA) is 90.9 Å². The van der Waals surface area contributed by atoms with E-state index in [9.17, 15) is 13.6 Å². The second kappa shape index (κ2) is 10.3. The van der Waals surface area contributed by atoms with E-state index in [1.165, 1.54) is 12.1 Å². The van der Waals surface area contributed by atoms with Gasteiger partial charge in [-0.3, -0.25) is 4.79 Å². The number of aromatic nitrogens is 1. The first-order valence-electron chi connectivity index (χ1n) is 12.0. The van der Waals surface area contributed by atoms with Gasteiger partial charge in [0.1, 0.15) is 18.2 Å². The number of rotatable bonds is 10. The zero-order valence-electron chi connectivity index (χ0n) is 20.6. The number of pyridine rings is 1. The van der Waals surface area contributed by atoms with Crippen molar-refractivity contribution in [1.29, 1.82) is 0 Å². The number of aryl methyl sites for hydroxylation is 1. The van der Waals surface area contributed by atoms with Crippen LogP contribution in [0.3, 0.4) is 0 Å². The summed E-state index contributed by atoms with van der Waals surface area (Å²) in [5.74, 6) is 2.95. The highest BCUT2D eigenvalue weighted by Gasteiger charge is 2.53. The van der Waals surface area contributed by atoms with Crippen molar-refractivity contribution in [2.45, 2.75) is 31.5 Å². The smallest absolute Gasteiger partial charge is 0.409 e. The van der Waals surface area contributed by atoms with E-state index in [0.717, 1.165) is 11.1 Å². The Balaban J connectivity index is 1.28. The molecule has 1 aliphatic heterocycles. The van der Waals surface area contributed by atoms with E-state index in [0.29, 0.717) is 48.8 Å². The fourth-order valence-corrected chi connectivity index (χ4v) is 4.23. The number of nitrogens with zero attached hydrogens (tertiary/aromatic N) is 1. The summed E-state index contributed by atoms with van der Waals surface area (Å²) in [6.45, 7) is 3.03. The number of hydrogen-bond donors (Lipinski definition) is 2. The summed E-state index contributed by atoms with van der Waals surface area (Å²) in [7, 11) is 0. The van der Waals surface area contributed by atoms with Crippen LogP contribution in [0.15, 0.2) is 54.6 Å². The number of anilines is 1. The number of amides is 1. The molecular formula is C28H25F2N3O5. The molecule has 10 heteroatoms. The summed E-state index contributed by atoms with van der Waals surface area (Å²) in [6.07, 6.45) is 2.59. The molecule has 5 rings (SSSR count). The second-order valence-electron chi connectivity index (χ2n) is 9.01. The molecule has 2 N–H and O–H groups in total. The normalized spacial score (nSPS) is 15.9. The Morgan fingerprint density at radius 2 is 1.95 bits per heavy atom. The fraction of sp³-hybridized carbons (Fsp3) is 0.286. The van der Waals surface area contributed by atoms with Crippen molar-refractivity contribution in [2.75, 3.05) is 25.1 Å². The molecule has 0 saturated heterocycles. The van der Waals surface area contributed by atoms with Crippen LogP contribution in [0.4, 0.5) is 14.6 Å². The number of hydroxylamine groups is 1.